The molecule has 0 aliphatic rings. The summed E-state index contributed by atoms with van der Waals surface area (Å²) in [5.41, 5.74) is 4.55. The van der Waals surface area contributed by atoms with Crippen LogP contribution in [0.1, 0.15) is 26.7 Å². The highest BCUT2D eigenvalue weighted by Gasteiger charge is 2.09. The van der Waals surface area contributed by atoms with E-state index in [1.807, 2.05) is 26.2 Å². The third-order valence-electron chi connectivity index (χ3n) is 3.66. The number of allylic oxidation sites excluding steroid dienone is 10. The molecule has 0 heterocycles. The molecule has 2 nitrogen and oxygen atoms in total. The van der Waals surface area contributed by atoms with Crippen LogP contribution in [-0.2, 0) is 0 Å². The summed E-state index contributed by atoms with van der Waals surface area (Å²) in [6, 6.07) is 0. The predicted molar refractivity (Wildman–Crippen MR) is 110 cm³/mol. The maximum absolute atomic E-state index is 14.7. The smallest absolute Gasteiger partial charge is 0.127 e. The molecule has 0 aromatic carbocycles. The van der Waals surface area contributed by atoms with Gasteiger partial charge in [0.2, 0.25) is 0 Å². The number of nitrogens with one attached hydrogen (secondary N) is 2. The summed E-state index contributed by atoms with van der Waals surface area (Å²) in [6.45, 7) is 19.3. The molecule has 0 aliphatic carbocycles. The molecule has 0 saturated carbocycles. The van der Waals surface area contributed by atoms with Crippen molar-refractivity contribution in [2.75, 3.05) is 14.1 Å². The summed E-state index contributed by atoms with van der Waals surface area (Å²) in [5, 5.41) is 5.82. The molecule has 0 spiro atoms. The fourth-order valence-electron chi connectivity index (χ4n) is 2.11. The van der Waals surface area contributed by atoms with Gasteiger partial charge in [0, 0.05) is 20.3 Å². The van der Waals surface area contributed by atoms with E-state index in [2.05, 4.69) is 36.9 Å². The van der Waals surface area contributed by atoms with Crippen LogP contribution in [0.4, 0.5) is 4.39 Å². The van der Waals surface area contributed by atoms with Crippen LogP contribution < -0.4 is 10.6 Å². The maximum atomic E-state index is 14.7. The van der Waals surface area contributed by atoms with Crippen molar-refractivity contribution in [3.05, 3.63) is 96.2 Å². The standard InChI is InChI=1S/C22H31FN2/c1-9-20(15-25-8)19(6)22(23)14-21(16(2)3)18(5)11-10-17(4)12-13-24-7/h9,12-15,24-25H,1-2,4-5,10-11H2,3,6-8H3/b13-12-,20-15+,21-14+,22-19-. The van der Waals surface area contributed by atoms with E-state index < -0.39 is 0 Å². The zero-order chi connectivity index (χ0) is 19.4. The van der Waals surface area contributed by atoms with E-state index in [0.29, 0.717) is 17.6 Å². The number of rotatable bonds is 11. The van der Waals surface area contributed by atoms with E-state index in [9.17, 15) is 4.39 Å². The summed E-state index contributed by atoms with van der Waals surface area (Å²) in [5.74, 6) is -0.325. The minimum atomic E-state index is -0.325. The SMILES string of the molecule is C=CC(=C\NC)/C(C)=C(F)/C=C(\C(=C)C)C(=C)CCC(=C)/C=C\NC. The van der Waals surface area contributed by atoms with Gasteiger partial charge in [0.25, 0.3) is 0 Å². The Kier molecular flexibility index (Phi) is 10.7. The van der Waals surface area contributed by atoms with Crippen molar-refractivity contribution in [1.82, 2.24) is 10.6 Å². The Balaban J connectivity index is 5.43. The highest BCUT2D eigenvalue weighted by atomic mass is 19.1. The van der Waals surface area contributed by atoms with E-state index in [4.69, 9.17) is 0 Å². The molecule has 0 radical (unpaired) electrons. The Labute approximate surface area is 152 Å². The minimum Gasteiger partial charge on any atom is -0.394 e. The monoisotopic (exact) mass is 342 g/mol. The molecule has 0 rings (SSSR count). The summed E-state index contributed by atoms with van der Waals surface area (Å²) in [7, 11) is 3.60. The topological polar surface area (TPSA) is 24.1 Å². The van der Waals surface area contributed by atoms with Crippen molar-refractivity contribution in [3.8, 4) is 0 Å². The van der Waals surface area contributed by atoms with Crippen LogP contribution in [0, 0.1) is 0 Å². The molecular formula is C22H31FN2. The predicted octanol–water partition coefficient (Wildman–Crippen LogP) is 5.65. The summed E-state index contributed by atoms with van der Waals surface area (Å²) < 4.78 is 14.7. The Morgan fingerprint density at radius 3 is 2.16 bits per heavy atom. The van der Waals surface area contributed by atoms with Crippen molar-refractivity contribution < 1.29 is 4.39 Å². The first-order valence-electron chi connectivity index (χ1n) is 8.22. The second-order valence-corrected chi connectivity index (χ2v) is 5.79. The second kappa shape index (κ2) is 11.9. The van der Waals surface area contributed by atoms with Gasteiger partial charge in [-0.15, -0.1) is 0 Å². The highest BCUT2D eigenvalue weighted by Crippen LogP contribution is 2.26. The van der Waals surface area contributed by atoms with Gasteiger partial charge in [-0.25, -0.2) is 4.39 Å². The summed E-state index contributed by atoms with van der Waals surface area (Å²) >= 11 is 0. The van der Waals surface area contributed by atoms with Crippen LogP contribution in [0.3, 0.4) is 0 Å². The van der Waals surface area contributed by atoms with Gasteiger partial charge in [-0.1, -0.05) is 43.5 Å². The summed E-state index contributed by atoms with van der Waals surface area (Å²) in [6.07, 6.45) is 10.0. The van der Waals surface area contributed by atoms with Gasteiger partial charge in [-0.3, -0.25) is 0 Å². The number of hydrogen-bond acceptors (Lipinski definition) is 2. The molecule has 0 aromatic rings. The third kappa shape index (κ3) is 8.20. The lowest BCUT2D eigenvalue weighted by atomic mass is 9.94. The second-order valence-electron chi connectivity index (χ2n) is 5.79. The van der Waals surface area contributed by atoms with Crippen molar-refractivity contribution in [1.29, 1.82) is 0 Å². The molecule has 3 heteroatoms. The molecule has 0 aliphatic heterocycles. The van der Waals surface area contributed by atoms with E-state index in [-0.39, 0.29) is 5.83 Å². The third-order valence-corrected chi connectivity index (χ3v) is 3.66. The van der Waals surface area contributed by atoms with E-state index >= 15 is 0 Å². The molecular weight excluding hydrogens is 311 g/mol. The Bertz CT molecular complexity index is 643. The van der Waals surface area contributed by atoms with E-state index in [1.54, 1.807) is 26.2 Å². The van der Waals surface area contributed by atoms with Crippen molar-refractivity contribution in [3.63, 3.8) is 0 Å². The zero-order valence-corrected chi connectivity index (χ0v) is 16.0. The first-order chi connectivity index (χ1) is 11.8. The molecule has 2 N–H and O–H groups in total. The molecule has 136 valence electrons. The number of hydrogen-bond donors (Lipinski definition) is 2. The van der Waals surface area contributed by atoms with Gasteiger partial charge >= 0.3 is 0 Å². The molecule has 0 saturated heterocycles. The Morgan fingerprint density at radius 1 is 1.04 bits per heavy atom. The van der Waals surface area contributed by atoms with E-state index in [1.165, 1.54) is 6.08 Å². The largest absolute Gasteiger partial charge is 0.394 e. The molecule has 0 unspecified atom stereocenters. The van der Waals surface area contributed by atoms with Gasteiger partial charge in [0.1, 0.15) is 5.83 Å². The minimum absolute atomic E-state index is 0.325. The fourth-order valence-corrected chi connectivity index (χ4v) is 2.11. The summed E-state index contributed by atoms with van der Waals surface area (Å²) in [4.78, 5) is 0. The van der Waals surface area contributed by atoms with Crippen molar-refractivity contribution >= 4 is 0 Å². The normalized spacial score (nSPS) is 13.3. The first kappa shape index (κ1) is 22.4. The maximum Gasteiger partial charge on any atom is 0.127 e. The molecule has 0 amide bonds. The molecule has 0 fully saturated rings. The van der Waals surface area contributed by atoms with Crippen LogP contribution in [0.25, 0.3) is 0 Å². The molecule has 0 atom stereocenters. The Morgan fingerprint density at radius 2 is 1.68 bits per heavy atom. The van der Waals surface area contributed by atoms with Crippen LogP contribution in [0.2, 0.25) is 0 Å². The van der Waals surface area contributed by atoms with Crippen LogP contribution in [-0.4, -0.2) is 14.1 Å². The van der Waals surface area contributed by atoms with Crippen LogP contribution >= 0.6 is 0 Å². The van der Waals surface area contributed by atoms with Crippen molar-refractivity contribution in [2.24, 2.45) is 0 Å². The van der Waals surface area contributed by atoms with Gasteiger partial charge in [-0.2, -0.15) is 0 Å². The fraction of sp³-hybridized carbons (Fsp3) is 0.273. The lowest BCUT2D eigenvalue weighted by Crippen LogP contribution is -1.98. The average Bonchev–Trinajstić information content (AvgIpc) is 2.59. The van der Waals surface area contributed by atoms with Crippen LogP contribution in [0.15, 0.2) is 96.2 Å². The quantitative estimate of drug-likeness (QED) is 0.474. The lowest BCUT2D eigenvalue weighted by molar-refractivity contribution is 0.655. The lowest BCUT2D eigenvalue weighted by Gasteiger charge is -2.12. The first-order valence-corrected chi connectivity index (χ1v) is 8.22. The molecule has 0 aromatic heterocycles. The van der Waals surface area contributed by atoms with Crippen molar-refractivity contribution in [2.45, 2.75) is 26.7 Å². The number of halogens is 1. The zero-order valence-electron chi connectivity index (χ0n) is 16.0. The van der Waals surface area contributed by atoms with Crippen LogP contribution in [0.5, 0.6) is 0 Å². The highest BCUT2D eigenvalue weighted by molar-refractivity contribution is 5.50. The van der Waals surface area contributed by atoms with Gasteiger partial charge < -0.3 is 10.6 Å². The van der Waals surface area contributed by atoms with Gasteiger partial charge in [0.05, 0.1) is 0 Å². The van der Waals surface area contributed by atoms with Gasteiger partial charge in [-0.05, 0) is 67.3 Å². The average molecular weight is 343 g/mol. The Hall–Kier alpha value is -2.55. The van der Waals surface area contributed by atoms with E-state index in [0.717, 1.165) is 28.7 Å². The molecule has 0 bridgehead atoms. The molecule has 25 heavy (non-hydrogen) atoms. The van der Waals surface area contributed by atoms with Gasteiger partial charge in [0.15, 0.2) is 0 Å².